The van der Waals surface area contributed by atoms with Crippen LogP contribution in [0.25, 0.3) is 0 Å². The lowest BCUT2D eigenvalue weighted by atomic mass is 10.2. The van der Waals surface area contributed by atoms with Crippen LogP contribution in [0.3, 0.4) is 0 Å². The summed E-state index contributed by atoms with van der Waals surface area (Å²) in [5.74, 6) is -1.31. The largest absolute Gasteiger partial charge is 0.466 e. The maximum atomic E-state index is 10.9. The Bertz CT molecular complexity index is 196. The minimum absolute atomic E-state index is 0.227. The van der Waals surface area contributed by atoms with Crippen molar-refractivity contribution in [2.75, 3.05) is 12.8 Å². The van der Waals surface area contributed by atoms with Crippen LogP contribution in [0.5, 0.6) is 0 Å². The third-order valence-corrected chi connectivity index (χ3v) is 2.22. The van der Waals surface area contributed by atoms with E-state index in [9.17, 15) is 9.36 Å². The highest BCUT2D eigenvalue weighted by atomic mass is 31.2. The molecule has 0 aromatic carbocycles. The van der Waals surface area contributed by atoms with Crippen LogP contribution >= 0.6 is 7.60 Å². The Kier molecular flexibility index (Phi) is 4.45. The molecule has 0 amide bonds. The molecule has 0 radical (unpaired) electrons. The predicted octanol–water partition coefficient (Wildman–Crippen LogP) is 0.363. The Labute approximate surface area is 70.9 Å². The van der Waals surface area contributed by atoms with Gasteiger partial charge in [0.1, 0.15) is 0 Å². The fourth-order valence-electron chi connectivity index (χ4n) is 0.716. The average Bonchev–Trinajstić information content (AvgIpc) is 1.84. The Morgan fingerprint density at radius 2 is 2.08 bits per heavy atom. The van der Waals surface area contributed by atoms with Crippen molar-refractivity contribution in [2.24, 2.45) is 5.92 Å². The first kappa shape index (κ1) is 11.6. The Balaban J connectivity index is 3.96. The number of carbonyl (C=O) groups is 1. The molecule has 0 saturated carbocycles. The molecular formula is C6H13O5P. The van der Waals surface area contributed by atoms with E-state index >= 15 is 0 Å². The van der Waals surface area contributed by atoms with Crippen LogP contribution in [0, 0.1) is 5.92 Å². The van der Waals surface area contributed by atoms with Crippen LogP contribution in [0.1, 0.15) is 13.8 Å². The van der Waals surface area contributed by atoms with Crippen LogP contribution in [0.2, 0.25) is 0 Å². The van der Waals surface area contributed by atoms with E-state index in [-0.39, 0.29) is 6.61 Å². The third kappa shape index (κ3) is 5.29. The van der Waals surface area contributed by atoms with Crippen molar-refractivity contribution in [1.82, 2.24) is 0 Å². The van der Waals surface area contributed by atoms with Gasteiger partial charge in [0.2, 0.25) is 0 Å². The monoisotopic (exact) mass is 196 g/mol. The normalized spacial score (nSPS) is 14.0. The van der Waals surface area contributed by atoms with Crippen LogP contribution in [-0.2, 0) is 14.1 Å². The van der Waals surface area contributed by atoms with Crippen molar-refractivity contribution in [3.05, 3.63) is 0 Å². The quantitative estimate of drug-likeness (QED) is 0.501. The van der Waals surface area contributed by atoms with E-state index in [1.165, 1.54) is 6.92 Å². The van der Waals surface area contributed by atoms with E-state index in [0.717, 1.165) is 0 Å². The molecule has 0 aromatic heterocycles. The molecule has 6 heteroatoms. The van der Waals surface area contributed by atoms with E-state index in [0.29, 0.717) is 0 Å². The van der Waals surface area contributed by atoms with Crippen molar-refractivity contribution in [3.63, 3.8) is 0 Å². The highest BCUT2D eigenvalue weighted by Gasteiger charge is 2.24. The predicted molar refractivity (Wildman–Crippen MR) is 42.7 cm³/mol. The highest BCUT2D eigenvalue weighted by molar-refractivity contribution is 7.51. The SMILES string of the molecule is CCOC(=O)C(C)CP(=O)(O)O. The smallest absolute Gasteiger partial charge is 0.326 e. The molecule has 1 atom stereocenters. The molecule has 2 N–H and O–H groups in total. The molecular weight excluding hydrogens is 183 g/mol. The van der Waals surface area contributed by atoms with Gasteiger partial charge in [-0.2, -0.15) is 0 Å². The first-order valence-corrected chi connectivity index (χ1v) is 5.37. The second kappa shape index (κ2) is 4.60. The van der Waals surface area contributed by atoms with Crippen molar-refractivity contribution >= 4 is 13.6 Å². The summed E-state index contributed by atoms with van der Waals surface area (Å²) in [6, 6.07) is 0. The molecule has 12 heavy (non-hydrogen) atoms. The molecule has 0 aromatic rings. The van der Waals surface area contributed by atoms with Crippen molar-refractivity contribution in [3.8, 4) is 0 Å². The molecule has 1 unspecified atom stereocenters. The van der Waals surface area contributed by atoms with Gasteiger partial charge in [0.15, 0.2) is 0 Å². The van der Waals surface area contributed by atoms with E-state index in [2.05, 4.69) is 4.74 Å². The number of ether oxygens (including phenoxy) is 1. The van der Waals surface area contributed by atoms with Crippen molar-refractivity contribution in [1.29, 1.82) is 0 Å². The molecule has 0 aliphatic carbocycles. The van der Waals surface area contributed by atoms with Gasteiger partial charge in [0.05, 0.1) is 18.7 Å². The summed E-state index contributed by atoms with van der Waals surface area (Å²) >= 11 is 0. The maximum Gasteiger partial charge on any atom is 0.326 e. The third-order valence-electron chi connectivity index (χ3n) is 1.20. The number of esters is 1. The second-order valence-corrected chi connectivity index (χ2v) is 4.19. The van der Waals surface area contributed by atoms with Gasteiger partial charge in [-0.15, -0.1) is 0 Å². The zero-order valence-corrected chi connectivity index (χ0v) is 7.95. The lowest BCUT2D eigenvalue weighted by Crippen LogP contribution is -2.18. The Hall–Kier alpha value is -0.380. The van der Waals surface area contributed by atoms with Gasteiger partial charge in [0, 0.05) is 0 Å². The zero-order chi connectivity index (χ0) is 9.78. The fourth-order valence-corrected chi connectivity index (χ4v) is 1.58. The number of rotatable bonds is 4. The first-order valence-electron chi connectivity index (χ1n) is 3.58. The molecule has 0 heterocycles. The molecule has 0 spiro atoms. The summed E-state index contributed by atoms with van der Waals surface area (Å²) in [4.78, 5) is 27.9. The number of carbonyl (C=O) groups excluding carboxylic acids is 1. The molecule has 0 saturated heterocycles. The number of hydrogen-bond donors (Lipinski definition) is 2. The van der Waals surface area contributed by atoms with Gasteiger partial charge in [-0.25, -0.2) is 0 Å². The summed E-state index contributed by atoms with van der Waals surface area (Å²) in [5, 5.41) is 0. The second-order valence-electron chi connectivity index (χ2n) is 2.50. The summed E-state index contributed by atoms with van der Waals surface area (Å²) in [5.41, 5.74) is 0. The molecule has 5 nitrogen and oxygen atoms in total. The fraction of sp³-hybridized carbons (Fsp3) is 0.833. The average molecular weight is 196 g/mol. The van der Waals surface area contributed by atoms with Gasteiger partial charge >= 0.3 is 13.6 Å². The van der Waals surface area contributed by atoms with Crippen molar-refractivity contribution < 1.29 is 23.9 Å². The van der Waals surface area contributed by atoms with Gasteiger partial charge in [-0.1, -0.05) is 6.92 Å². The number of hydrogen-bond acceptors (Lipinski definition) is 3. The van der Waals surface area contributed by atoms with Crippen LogP contribution in [-0.4, -0.2) is 28.5 Å². The minimum atomic E-state index is -4.10. The van der Waals surface area contributed by atoms with Crippen LogP contribution < -0.4 is 0 Å². The zero-order valence-electron chi connectivity index (χ0n) is 7.06. The van der Waals surface area contributed by atoms with E-state index in [4.69, 9.17) is 9.79 Å². The molecule has 0 fully saturated rings. The first-order chi connectivity index (χ1) is 5.37. The van der Waals surface area contributed by atoms with Gasteiger partial charge in [-0.3, -0.25) is 9.36 Å². The molecule has 72 valence electrons. The van der Waals surface area contributed by atoms with Gasteiger partial charge < -0.3 is 14.5 Å². The summed E-state index contributed by atoms with van der Waals surface area (Å²) < 4.78 is 15.0. The maximum absolute atomic E-state index is 10.9. The van der Waals surface area contributed by atoms with Gasteiger partial charge in [-0.05, 0) is 6.92 Å². The van der Waals surface area contributed by atoms with Crippen LogP contribution in [0.15, 0.2) is 0 Å². The lowest BCUT2D eigenvalue weighted by Gasteiger charge is -2.10. The van der Waals surface area contributed by atoms with Crippen molar-refractivity contribution in [2.45, 2.75) is 13.8 Å². The summed E-state index contributed by atoms with van der Waals surface area (Å²) in [6.45, 7) is 3.30. The molecule has 0 bridgehead atoms. The standard InChI is InChI=1S/C6H13O5P/c1-3-11-6(7)5(2)4-12(8,9)10/h5H,3-4H2,1-2H3,(H2,8,9,10). The lowest BCUT2D eigenvalue weighted by molar-refractivity contribution is -0.146. The molecule has 0 aliphatic heterocycles. The van der Waals surface area contributed by atoms with Crippen LogP contribution in [0.4, 0.5) is 0 Å². The van der Waals surface area contributed by atoms with E-state index in [1.807, 2.05) is 0 Å². The topological polar surface area (TPSA) is 83.8 Å². The minimum Gasteiger partial charge on any atom is -0.466 e. The summed E-state index contributed by atoms with van der Waals surface area (Å²) in [7, 11) is -4.10. The Morgan fingerprint density at radius 3 is 2.42 bits per heavy atom. The van der Waals surface area contributed by atoms with E-state index in [1.54, 1.807) is 6.92 Å². The molecule has 0 aliphatic rings. The van der Waals surface area contributed by atoms with E-state index < -0.39 is 25.6 Å². The summed E-state index contributed by atoms with van der Waals surface area (Å²) in [6.07, 6.45) is -0.453. The molecule has 0 rings (SSSR count). The van der Waals surface area contributed by atoms with Gasteiger partial charge in [0.25, 0.3) is 0 Å². The highest BCUT2D eigenvalue weighted by Crippen LogP contribution is 2.36. The Morgan fingerprint density at radius 1 is 1.58 bits per heavy atom.